The third-order valence-corrected chi connectivity index (χ3v) is 5.53. The molecule has 0 aliphatic carbocycles. The molecule has 2 aromatic heterocycles. The fraction of sp³-hybridized carbons (Fsp3) is 0.350. The van der Waals surface area contributed by atoms with E-state index < -0.39 is 12.1 Å². The van der Waals surface area contributed by atoms with Crippen molar-refractivity contribution in [1.82, 2.24) is 9.97 Å². The first kappa shape index (κ1) is 19.1. The Morgan fingerprint density at radius 3 is 2.70 bits per heavy atom. The monoisotopic (exact) mass is 386 g/mol. The summed E-state index contributed by atoms with van der Waals surface area (Å²) in [6, 6.07) is 5.74. The first-order valence-electron chi connectivity index (χ1n) is 8.65. The molecule has 7 heteroatoms. The molecule has 2 heterocycles. The van der Waals surface area contributed by atoms with Crippen molar-refractivity contribution < 1.29 is 14.3 Å². The molecule has 0 amide bonds. The van der Waals surface area contributed by atoms with Gasteiger partial charge in [0, 0.05) is 4.88 Å². The molecule has 1 aromatic carbocycles. The summed E-state index contributed by atoms with van der Waals surface area (Å²) < 4.78 is 10.9. The van der Waals surface area contributed by atoms with Gasteiger partial charge in [0.1, 0.15) is 10.6 Å². The van der Waals surface area contributed by atoms with E-state index in [1.165, 1.54) is 11.3 Å². The highest BCUT2D eigenvalue weighted by Gasteiger charge is 2.18. The molecule has 1 atom stereocenters. The highest BCUT2D eigenvalue weighted by Crippen LogP contribution is 2.27. The summed E-state index contributed by atoms with van der Waals surface area (Å²) >= 11 is 1.46. The predicted octanol–water partition coefficient (Wildman–Crippen LogP) is 3.90. The Kier molecular flexibility index (Phi) is 5.32. The summed E-state index contributed by atoms with van der Waals surface area (Å²) in [6.07, 6.45) is -0.681. The summed E-state index contributed by atoms with van der Waals surface area (Å²) in [5.74, 6) is 0.445. The smallest absolute Gasteiger partial charge is 0.344 e. The van der Waals surface area contributed by atoms with Crippen molar-refractivity contribution >= 4 is 27.5 Å². The number of rotatable bonds is 5. The second kappa shape index (κ2) is 7.52. The fourth-order valence-corrected chi connectivity index (χ4v) is 3.89. The number of aromatic nitrogens is 2. The number of benzene rings is 1. The van der Waals surface area contributed by atoms with Crippen LogP contribution in [-0.4, -0.2) is 22.5 Å². The second-order valence-electron chi connectivity index (χ2n) is 6.60. The third kappa shape index (κ3) is 4.03. The number of hydrogen-bond donors (Lipinski definition) is 1. The topological polar surface area (TPSA) is 81.3 Å². The van der Waals surface area contributed by atoms with Gasteiger partial charge < -0.3 is 14.5 Å². The first-order valence-corrected chi connectivity index (χ1v) is 9.47. The van der Waals surface area contributed by atoms with Crippen LogP contribution in [0.15, 0.2) is 23.0 Å². The van der Waals surface area contributed by atoms with Crippen LogP contribution in [0.1, 0.15) is 40.4 Å². The van der Waals surface area contributed by atoms with Crippen LogP contribution in [0.25, 0.3) is 10.2 Å². The van der Waals surface area contributed by atoms with Gasteiger partial charge in [-0.2, -0.15) is 0 Å². The van der Waals surface area contributed by atoms with Crippen molar-refractivity contribution in [1.29, 1.82) is 0 Å². The third-order valence-electron chi connectivity index (χ3n) is 4.43. The van der Waals surface area contributed by atoms with Gasteiger partial charge >= 0.3 is 5.97 Å². The number of fused-ring (bicyclic) bond motifs is 1. The van der Waals surface area contributed by atoms with Gasteiger partial charge in [0.15, 0.2) is 18.5 Å². The van der Waals surface area contributed by atoms with E-state index in [-0.39, 0.29) is 12.2 Å². The molecule has 0 fully saturated rings. The zero-order valence-corrected chi connectivity index (χ0v) is 16.8. The van der Waals surface area contributed by atoms with Crippen LogP contribution in [0.4, 0.5) is 0 Å². The van der Waals surface area contributed by atoms with Gasteiger partial charge in [-0.1, -0.05) is 17.7 Å². The molecule has 0 spiro atoms. The van der Waals surface area contributed by atoms with E-state index in [0.717, 1.165) is 21.6 Å². The lowest BCUT2D eigenvalue weighted by Gasteiger charge is -2.14. The molecule has 1 N–H and O–H groups in total. The minimum atomic E-state index is -0.681. The number of aryl methyl sites for hydroxylation is 4. The van der Waals surface area contributed by atoms with Crippen molar-refractivity contribution in [3.8, 4) is 5.75 Å². The van der Waals surface area contributed by atoms with E-state index in [0.29, 0.717) is 21.8 Å². The molecule has 3 aromatic rings. The molecule has 0 saturated carbocycles. The summed E-state index contributed by atoms with van der Waals surface area (Å²) in [5, 5.41) is 0.595. The Hall–Kier alpha value is -2.67. The molecule has 6 nitrogen and oxygen atoms in total. The van der Waals surface area contributed by atoms with Crippen LogP contribution in [0.2, 0.25) is 0 Å². The molecule has 0 aliphatic heterocycles. The molecule has 142 valence electrons. The maximum absolute atomic E-state index is 12.3. The highest BCUT2D eigenvalue weighted by molar-refractivity contribution is 7.18. The second-order valence-corrected chi connectivity index (χ2v) is 7.81. The standard InChI is InChI=1S/C20H22N2O4S/c1-10-6-7-15(11(2)8-10)25-9-16(23)26-13(4)18-21-19(24)17-12(3)14(5)27-20(17)22-18/h6-8,13H,9H2,1-5H3,(H,21,22,24)/t13-/m1/s1. The van der Waals surface area contributed by atoms with Crippen molar-refractivity contribution in [2.24, 2.45) is 0 Å². The number of carbonyl (C=O) groups excluding carboxylic acids is 1. The maximum atomic E-state index is 12.3. The predicted molar refractivity (Wildman–Crippen MR) is 106 cm³/mol. The maximum Gasteiger partial charge on any atom is 0.344 e. The summed E-state index contributed by atoms with van der Waals surface area (Å²) in [5.41, 5.74) is 2.80. The van der Waals surface area contributed by atoms with Gasteiger partial charge in [0.05, 0.1) is 5.39 Å². The summed E-state index contributed by atoms with van der Waals surface area (Å²) in [7, 11) is 0. The fourth-order valence-electron chi connectivity index (χ4n) is 2.85. The number of thiophene rings is 1. The molecule has 0 radical (unpaired) electrons. The van der Waals surface area contributed by atoms with E-state index in [4.69, 9.17) is 9.47 Å². The van der Waals surface area contributed by atoms with E-state index in [1.54, 1.807) is 6.92 Å². The molecule has 3 rings (SSSR count). The quantitative estimate of drug-likeness (QED) is 0.673. The number of esters is 1. The number of nitrogens with zero attached hydrogens (tertiary/aromatic N) is 1. The summed E-state index contributed by atoms with van der Waals surface area (Å²) in [4.78, 5) is 33.3. The van der Waals surface area contributed by atoms with Crippen LogP contribution < -0.4 is 10.3 Å². The van der Waals surface area contributed by atoms with Gasteiger partial charge in [-0.05, 0) is 51.8 Å². The van der Waals surface area contributed by atoms with Crippen molar-refractivity contribution in [3.05, 3.63) is 55.9 Å². The molecule has 27 heavy (non-hydrogen) atoms. The molecule has 0 bridgehead atoms. The zero-order chi connectivity index (χ0) is 19.7. The lowest BCUT2D eigenvalue weighted by molar-refractivity contribution is -0.151. The number of H-pyrrole nitrogens is 1. The Morgan fingerprint density at radius 2 is 2.00 bits per heavy atom. The van der Waals surface area contributed by atoms with E-state index in [1.807, 2.05) is 45.9 Å². The van der Waals surface area contributed by atoms with Crippen molar-refractivity contribution in [3.63, 3.8) is 0 Å². The van der Waals surface area contributed by atoms with Crippen LogP contribution in [0.5, 0.6) is 5.75 Å². The molecule has 0 unspecified atom stereocenters. The largest absolute Gasteiger partial charge is 0.482 e. The SMILES string of the molecule is Cc1ccc(OCC(=O)O[C@H](C)c2nc3sc(C)c(C)c3c(=O)[nH]2)c(C)c1. The number of nitrogens with one attached hydrogen (secondary N) is 1. The van der Waals surface area contributed by atoms with Crippen LogP contribution in [-0.2, 0) is 9.53 Å². The van der Waals surface area contributed by atoms with E-state index in [2.05, 4.69) is 9.97 Å². The summed E-state index contributed by atoms with van der Waals surface area (Å²) in [6.45, 7) is 9.23. The van der Waals surface area contributed by atoms with Crippen LogP contribution in [0, 0.1) is 27.7 Å². The van der Waals surface area contributed by atoms with Crippen molar-refractivity contribution in [2.75, 3.05) is 6.61 Å². The number of ether oxygens (including phenoxy) is 2. The first-order chi connectivity index (χ1) is 12.8. The Labute approximate surface area is 161 Å². The Bertz CT molecular complexity index is 1070. The number of carbonyl (C=O) groups is 1. The van der Waals surface area contributed by atoms with Gasteiger partial charge in [-0.15, -0.1) is 11.3 Å². The minimum absolute atomic E-state index is 0.210. The van der Waals surface area contributed by atoms with Crippen LogP contribution in [0.3, 0.4) is 0 Å². The molecule has 0 saturated heterocycles. The number of hydrogen-bond acceptors (Lipinski definition) is 6. The highest BCUT2D eigenvalue weighted by atomic mass is 32.1. The minimum Gasteiger partial charge on any atom is -0.482 e. The van der Waals surface area contributed by atoms with Gasteiger partial charge in [0.25, 0.3) is 5.56 Å². The molecule has 0 aliphatic rings. The normalized spacial score (nSPS) is 12.2. The Morgan fingerprint density at radius 1 is 1.26 bits per heavy atom. The van der Waals surface area contributed by atoms with E-state index >= 15 is 0 Å². The van der Waals surface area contributed by atoms with Gasteiger partial charge in [-0.3, -0.25) is 4.79 Å². The molecular weight excluding hydrogens is 364 g/mol. The van der Waals surface area contributed by atoms with Crippen molar-refractivity contribution in [2.45, 2.75) is 40.7 Å². The number of aromatic amines is 1. The van der Waals surface area contributed by atoms with Crippen LogP contribution >= 0.6 is 11.3 Å². The average molecular weight is 386 g/mol. The lowest BCUT2D eigenvalue weighted by atomic mass is 10.1. The average Bonchev–Trinajstić information content (AvgIpc) is 2.88. The van der Waals surface area contributed by atoms with E-state index in [9.17, 15) is 9.59 Å². The van der Waals surface area contributed by atoms with Gasteiger partial charge in [-0.25, -0.2) is 9.78 Å². The Balaban J connectivity index is 1.69. The zero-order valence-electron chi connectivity index (χ0n) is 16.0. The lowest BCUT2D eigenvalue weighted by Crippen LogP contribution is -2.20. The molecular formula is C20H22N2O4S. The van der Waals surface area contributed by atoms with Gasteiger partial charge in [0.2, 0.25) is 0 Å².